The number of nitrogens with zero attached hydrogens (tertiary/aromatic N) is 3. The molecule has 0 heterocycles. The van der Waals surface area contributed by atoms with Crippen molar-refractivity contribution in [3.63, 3.8) is 0 Å². The summed E-state index contributed by atoms with van der Waals surface area (Å²) in [5.41, 5.74) is -1.12. The topological polar surface area (TPSA) is 87.2 Å². The van der Waals surface area contributed by atoms with Crippen LogP contribution < -0.4 is 4.90 Å². The molecule has 0 radical (unpaired) electrons. The van der Waals surface area contributed by atoms with Crippen LogP contribution in [0.15, 0.2) is 36.4 Å². The molecule has 6 nitrogen and oxygen atoms in total. The number of nitro benzene ring substituents is 1. The van der Waals surface area contributed by atoms with Gasteiger partial charge in [0.25, 0.3) is 11.6 Å². The molecule has 8 heteroatoms. The summed E-state index contributed by atoms with van der Waals surface area (Å²) in [6.07, 6.45) is 0. The van der Waals surface area contributed by atoms with E-state index < -0.39 is 33.7 Å². The largest absolute Gasteiger partial charge is 0.309 e. The van der Waals surface area contributed by atoms with Crippen LogP contribution in [0.25, 0.3) is 0 Å². The van der Waals surface area contributed by atoms with Crippen molar-refractivity contribution in [1.29, 1.82) is 5.26 Å². The Labute approximate surface area is 129 Å². The Kier molecular flexibility index (Phi) is 4.32. The number of carbonyl (C=O) groups is 1. The van der Waals surface area contributed by atoms with E-state index in [0.717, 1.165) is 29.2 Å². The van der Waals surface area contributed by atoms with Crippen molar-refractivity contribution in [2.24, 2.45) is 0 Å². The van der Waals surface area contributed by atoms with Gasteiger partial charge in [-0.1, -0.05) is 0 Å². The Morgan fingerprint density at radius 3 is 2.48 bits per heavy atom. The van der Waals surface area contributed by atoms with Crippen LogP contribution in [-0.2, 0) is 0 Å². The lowest BCUT2D eigenvalue weighted by atomic mass is 10.1. The quantitative estimate of drug-likeness (QED) is 0.643. The van der Waals surface area contributed by atoms with Crippen LogP contribution in [-0.4, -0.2) is 17.9 Å². The van der Waals surface area contributed by atoms with E-state index in [4.69, 9.17) is 5.26 Å². The fourth-order valence-corrected chi connectivity index (χ4v) is 1.93. The van der Waals surface area contributed by atoms with Crippen molar-refractivity contribution >= 4 is 17.3 Å². The first-order chi connectivity index (χ1) is 10.8. The molecular formula is C15H9F2N3O3. The van der Waals surface area contributed by atoms with Gasteiger partial charge in [-0.25, -0.2) is 8.78 Å². The van der Waals surface area contributed by atoms with Gasteiger partial charge in [0.05, 0.1) is 27.8 Å². The molecule has 0 aliphatic rings. The smallest absolute Gasteiger partial charge is 0.270 e. The summed E-state index contributed by atoms with van der Waals surface area (Å²) in [6.45, 7) is 0. The minimum Gasteiger partial charge on any atom is -0.309 e. The molecule has 0 saturated heterocycles. The lowest BCUT2D eigenvalue weighted by molar-refractivity contribution is -0.384. The van der Waals surface area contributed by atoms with Crippen molar-refractivity contribution in [2.75, 3.05) is 11.9 Å². The van der Waals surface area contributed by atoms with Crippen LogP contribution in [0.5, 0.6) is 0 Å². The maximum Gasteiger partial charge on any atom is 0.270 e. The second kappa shape index (κ2) is 6.19. The molecule has 0 unspecified atom stereocenters. The van der Waals surface area contributed by atoms with Gasteiger partial charge in [-0.05, 0) is 24.3 Å². The third-order valence-electron chi connectivity index (χ3n) is 3.13. The zero-order valence-corrected chi connectivity index (χ0v) is 11.8. The number of carbonyl (C=O) groups excluding carboxylic acids is 1. The Balaban J connectivity index is 2.43. The second-order valence-corrected chi connectivity index (χ2v) is 4.56. The molecule has 2 aromatic carbocycles. The molecular weight excluding hydrogens is 308 g/mol. The summed E-state index contributed by atoms with van der Waals surface area (Å²) in [7, 11) is 1.20. The average molecular weight is 317 g/mol. The highest BCUT2D eigenvalue weighted by atomic mass is 19.1. The summed E-state index contributed by atoms with van der Waals surface area (Å²) in [4.78, 5) is 23.1. The number of halogens is 2. The zero-order chi connectivity index (χ0) is 17.1. The molecule has 2 rings (SSSR count). The second-order valence-electron chi connectivity index (χ2n) is 4.56. The first kappa shape index (κ1) is 16.0. The molecule has 0 fully saturated rings. The highest BCUT2D eigenvalue weighted by Gasteiger charge is 2.22. The molecule has 0 aromatic heterocycles. The van der Waals surface area contributed by atoms with Crippen LogP contribution in [0, 0.1) is 33.1 Å². The zero-order valence-electron chi connectivity index (χ0n) is 11.8. The number of hydrogen-bond acceptors (Lipinski definition) is 4. The van der Waals surface area contributed by atoms with Crippen molar-refractivity contribution in [2.45, 2.75) is 0 Å². The van der Waals surface area contributed by atoms with Crippen molar-refractivity contribution in [1.82, 2.24) is 0 Å². The van der Waals surface area contributed by atoms with E-state index >= 15 is 0 Å². The third-order valence-corrected chi connectivity index (χ3v) is 3.13. The van der Waals surface area contributed by atoms with Gasteiger partial charge < -0.3 is 4.90 Å². The summed E-state index contributed by atoms with van der Waals surface area (Å²) < 4.78 is 27.7. The Morgan fingerprint density at radius 1 is 1.22 bits per heavy atom. The van der Waals surface area contributed by atoms with Gasteiger partial charge in [-0.15, -0.1) is 0 Å². The summed E-state index contributed by atoms with van der Waals surface area (Å²) in [5.74, 6) is -2.75. The van der Waals surface area contributed by atoms with Gasteiger partial charge in [0.15, 0.2) is 0 Å². The lowest BCUT2D eigenvalue weighted by Crippen LogP contribution is -2.28. The lowest BCUT2D eigenvalue weighted by Gasteiger charge is -2.18. The molecule has 0 saturated carbocycles. The van der Waals surface area contributed by atoms with E-state index in [9.17, 15) is 23.7 Å². The van der Waals surface area contributed by atoms with Crippen molar-refractivity contribution in [3.05, 3.63) is 69.3 Å². The number of anilines is 1. The summed E-state index contributed by atoms with van der Waals surface area (Å²) in [5, 5.41) is 19.4. The summed E-state index contributed by atoms with van der Waals surface area (Å²) >= 11 is 0. The Hall–Kier alpha value is -3.34. The van der Waals surface area contributed by atoms with Gasteiger partial charge in [0.2, 0.25) is 0 Å². The van der Waals surface area contributed by atoms with Crippen LogP contribution in [0.1, 0.15) is 15.9 Å². The first-order valence-electron chi connectivity index (χ1n) is 6.26. The van der Waals surface area contributed by atoms with E-state index in [1.165, 1.54) is 19.2 Å². The molecule has 0 spiro atoms. The highest BCUT2D eigenvalue weighted by Crippen LogP contribution is 2.24. The molecule has 0 bridgehead atoms. The van der Waals surface area contributed by atoms with Crippen LogP contribution in [0.2, 0.25) is 0 Å². The van der Waals surface area contributed by atoms with Crippen LogP contribution in [0.4, 0.5) is 20.2 Å². The maximum absolute atomic E-state index is 13.9. The van der Waals surface area contributed by atoms with Gasteiger partial charge >= 0.3 is 0 Å². The molecule has 2 aromatic rings. The normalized spacial score (nSPS) is 10.0. The highest BCUT2D eigenvalue weighted by molar-refractivity contribution is 6.06. The minimum atomic E-state index is -0.957. The number of amides is 1. The molecule has 1 amide bonds. The van der Waals surface area contributed by atoms with Gasteiger partial charge in [0, 0.05) is 19.2 Å². The Bertz CT molecular complexity index is 846. The number of non-ortho nitro benzene ring substituents is 1. The fourth-order valence-electron chi connectivity index (χ4n) is 1.93. The Morgan fingerprint density at radius 2 is 1.91 bits per heavy atom. The number of nitro groups is 1. The van der Waals surface area contributed by atoms with E-state index in [1.54, 1.807) is 6.07 Å². The maximum atomic E-state index is 13.9. The van der Waals surface area contributed by atoms with Gasteiger partial charge in [-0.2, -0.15) is 5.26 Å². The molecule has 116 valence electrons. The SMILES string of the molecule is CN(C(=O)c1cc([N+](=O)[O-])ccc1F)c1ccc(C#N)cc1F. The molecule has 0 atom stereocenters. The molecule has 23 heavy (non-hydrogen) atoms. The van der Waals surface area contributed by atoms with E-state index in [-0.39, 0.29) is 11.3 Å². The van der Waals surface area contributed by atoms with E-state index in [2.05, 4.69) is 0 Å². The van der Waals surface area contributed by atoms with Crippen LogP contribution in [0.3, 0.4) is 0 Å². The van der Waals surface area contributed by atoms with Gasteiger partial charge in [0.1, 0.15) is 11.6 Å². The number of nitriles is 1. The number of hydrogen-bond donors (Lipinski definition) is 0. The fraction of sp³-hybridized carbons (Fsp3) is 0.0667. The third kappa shape index (κ3) is 3.13. The number of benzene rings is 2. The van der Waals surface area contributed by atoms with Crippen molar-refractivity contribution in [3.8, 4) is 6.07 Å². The number of rotatable bonds is 3. The van der Waals surface area contributed by atoms with Gasteiger partial charge in [-0.3, -0.25) is 14.9 Å². The van der Waals surface area contributed by atoms with E-state index in [0.29, 0.717) is 0 Å². The molecule has 0 aliphatic heterocycles. The predicted octanol–water partition coefficient (Wildman–Crippen LogP) is 3.02. The first-order valence-corrected chi connectivity index (χ1v) is 6.26. The van der Waals surface area contributed by atoms with Crippen molar-refractivity contribution < 1.29 is 18.5 Å². The predicted molar refractivity (Wildman–Crippen MR) is 76.9 cm³/mol. The monoisotopic (exact) mass is 317 g/mol. The molecule has 0 N–H and O–H groups in total. The van der Waals surface area contributed by atoms with E-state index in [1.807, 2.05) is 0 Å². The minimum absolute atomic E-state index is 0.0635. The van der Waals surface area contributed by atoms with Crippen LogP contribution >= 0.6 is 0 Å². The molecule has 0 aliphatic carbocycles. The summed E-state index contributed by atoms with van der Waals surface area (Å²) in [6, 6.07) is 7.68. The standard InChI is InChI=1S/C15H9F2N3O3/c1-19(14-5-2-9(8-18)6-13(14)17)15(21)11-7-10(20(22)23)3-4-12(11)16/h2-7H,1H3. The average Bonchev–Trinajstić information content (AvgIpc) is 2.53.